The fourth-order valence-electron chi connectivity index (χ4n) is 6.41. The lowest BCUT2D eigenvalue weighted by molar-refractivity contribution is -0.137. The predicted octanol–water partition coefficient (Wildman–Crippen LogP) is 3.44. The van der Waals surface area contributed by atoms with Gasteiger partial charge in [-0.2, -0.15) is 0 Å². The first-order valence-corrected chi connectivity index (χ1v) is 26.5. The minimum Gasteiger partial charge on any atom is -0.481 e. The number of hydrogen-bond donors (Lipinski definition) is 7. The summed E-state index contributed by atoms with van der Waals surface area (Å²) in [6.07, 6.45) is 11.9. The van der Waals surface area contributed by atoms with Gasteiger partial charge < -0.3 is 85.7 Å². The first-order chi connectivity index (χ1) is 34.7. The summed E-state index contributed by atoms with van der Waals surface area (Å²) in [5, 5.41) is 17.5. The Labute approximate surface area is 427 Å². The molecule has 0 spiro atoms. The number of aliphatic carboxylic acids is 1. The number of ether oxygens (including phenoxy) is 9. The van der Waals surface area contributed by atoms with Crippen molar-refractivity contribution < 1.29 is 71.7 Å². The second kappa shape index (κ2) is 61.4. The number of nitrogens with two attached hydrogens (primary N) is 3. The maximum absolute atomic E-state index is 13.2. The summed E-state index contributed by atoms with van der Waals surface area (Å²) >= 11 is 0. The van der Waals surface area contributed by atoms with Crippen LogP contribution in [0, 0.1) is 0 Å². The fraction of sp³-hybridized carbons (Fsp3) is 0.900. The molecule has 0 rings (SSSR count). The van der Waals surface area contributed by atoms with E-state index in [1.165, 1.54) is 6.42 Å². The average molecular weight is 1030 g/mol. The molecule has 0 radical (unpaired) electrons. The van der Waals surface area contributed by atoms with E-state index in [0.29, 0.717) is 171 Å². The van der Waals surface area contributed by atoms with Gasteiger partial charge in [-0.05, 0) is 38.5 Å². The molecule has 21 heteroatoms. The number of aldehydes is 1. The monoisotopic (exact) mass is 1030 g/mol. The van der Waals surface area contributed by atoms with Crippen molar-refractivity contribution in [1.29, 1.82) is 0 Å². The third-order valence-electron chi connectivity index (χ3n) is 10.1. The molecule has 71 heavy (non-hydrogen) atoms. The van der Waals surface area contributed by atoms with Gasteiger partial charge in [-0.15, -0.1) is 0 Å². The lowest BCUT2D eigenvalue weighted by atomic mass is 9.83. The molecule has 0 aliphatic rings. The molecule has 0 atom stereocenters. The molecule has 10 N–H and O–H groups in total. The molecule has 0 aliphatic carbocycles. The number of carboxylic acids is 1. The van der Waals surface area contributed by atoms with Gasteiger partial charge in [-0.25, -0.2) is 0 Å². The lowest BCUT2D eigenvalue weighted by Gasteiger charge is -2.35. The van der Waals surface area contributed by atoms with Gasteiger partial charge in [0, 0.05) is 77.0 Å². The molecular formula is C50H102N6O15. The summed E-state index contributed by atoms with van der Waals surface area (Å²) in [7, 11) is 0. The highest BCUT2D eigenvalue weighted by Crippen LogP contribution is 2.26. The topological polar surface area (TPSA) is 303 Å². The zero-order valence-electron chi connectivity index (χ0n) is 44.5. The third kappa shape index (κ3) is 59.5. The molecule has 0 aromatic rings. The number of amides is 3. The van der Waals surface area contributed by atoms with Crippen LogP contribution in [0.4, 0.5) is 0 Å². The van der Waals surface area contributed by atoms with Crippen molar-refractivity contribution in [3.8, 4) is 0 Å². The number of unbranched alkanes of at least 4 members (excludes halogenated alkanes) is 8. The molecule has 0 aliphatic heterocycles. The largest absolute Gasteiger partial charge is 0.481 e. The molecular weight excluding hydrogens is 925 g/mol. The van der Waals surface area contributed by atoms with Crippen molar-refractivity contribution in [1.82, 2.24) is 16.0 Å². The van der Waals surface area contributed by atoms with Crippen molar-refractivity contribution >= 4 is 30.0 Å². The molecule has 0 unspecified atom stereocenters. The number of carboxylic acid groups (broad SMARTS) is 1. The Morgan fingerprint density at radius 1 is 0.437 bits per heavy atom. The van der Waals surface area contributed by atoms with Crippen molar-refractivity contribution in [3.05, 3.63) is 0 Å². The number of carbonyl (C=O) groups is 5. The first kappa shape index (κ1) is 72.3. The minimum atomic E-state index is -0.925. The van der Waals surface area contributed by atoms with E-state index >= 15 is 0 Å². The van der Waals surface area contributed by atoms with E-state index in [-0.39, 0.29) is 56.2 Å². The van der Waals surface area contributed by atoms with Crippen LogP contribution in [-0.4, -0.2) is 192 Å². The maximum Gasteiger partial charge on any atom is 0.303 e. The standard InChI is InChI=1S/C38H73N5O12.C10H23NO3.C2H6/c39-17-22-50-26-30-54-32-28-52-24-19-41-34(45)12-15-38(14-9-21-44,43-36(47)10-7-5-3-1-2-4-6-8-11-37(48)49)16-13-35(46)42-20-25-53-29-33-55-31-27-51-23-18-40;1-2-3-5-12-7-9-14-10-8-13-6-4-11;1-2/h21H,1-20,22-33,39-40H2,(H,41,45)(H,42,46)(H,43,47)(H,48,49);2-11H2,1H3;1-2H3. The zero-order valence-corrected chi connectivity index (χ0v) is 44.5. The van der Waals surface area contributed by atoms with Gasteiger partial charge in [0.1, 0.15) is 6.29 Å². The van der Waals surface area contributed by atoms with Crippen LogP contribution in [0.3, 0.4) is 0 Å². The summed E-state index contributed by atoms with van der Waals surface area (Å²) in [4.78, 5) is 61.0. The molecule has 0 saturated heterocycles. The van der Waals surface area contributed by atoms with E-state index in [4.69, 9.17) is 64.9 Å². The van der Waals surface area contributed by atoms with Crippen LogP contribution in [0.1, 0.15) is 136 Å². The van der Waals surface area contributed by atoms with Gasteiger partial charge >= 0.3 is 5.97 Å². The smallest absolute Gasteiger partial charge is 0.303 e. The van der Waals surface area contributed by atoms with E-state index in [1.54, 1.807) is 0 Å². The van der Waals surface area contributed by atoms with Crippen molar-refractivity contribution in [2.24, 2.45) is 17.2 Å². The molecule has 0 saturated carbocycles. The normalized spacial score (nSPS) is 11.0. The zero-order chi connectivity index (χ0) is 53.0. The molecule has 0 aromatic carbocycles. The van der Waals surface area contributed by atoms with Crippen molar-refractivity contribution in [3.63, 3.8) is 0 Å². The Hall–Kier alpha value is -2.93. The minimum absolute atomic E-state index is 0.0915. The molecule has 21 nitrogen and oxygen atoms in total. The van der Waals surface area contributed by atoms with Crippen molar-refractivity contribution in [2.45, 2.75) is 142 Å². The highest BCUT2D eigenvalue weighted by Gasteiger charge is 2.32. The Balaban J connectivity index is -0.00000246. The number of rotatable bonds is 54. The number of nitrogens with one attached hydrogen (secondary N) is 3. The van der Waals surface area contributed by atoms with Gasteiger partial charge in [-0.1, -0.05) is 65.7 Å². The number of hydrogen-bond acceptors (Lipinski definition) is 17. The first-order valence-electron chi connectivity index (χ1n) is 26.5. The van der Waals surface area contributed by atoms with Crippen molar-refractivity contribution in [2.75, 3.05) is 152 Å². The molecule has 422 valence electrons. The molecule has 0 aromatic heterocycles. The van der Waals surface area contributed by atoms with Crippen LogP contribution in [0.25, 0.3) is 0 Å². The molecule has 0 bridgehead atoms. The van der Waals surface area contributed by atoms with Crippen LogP contribution in [-0.2, 0) is 66.6 Å². The Morgan fingerprint density at radius 2 is 0.775 bits per heavy atom. The van der Waals surface area contributed by atoms with Crippen LogP contribution in [0.2, 0.25) is 0 Å². The fourth-order valence-corrected chi connectivity index (χ4v) is 6.41. The van der Waals surface area contributed by atoms with E-state index < -0.39 is 11.5 Å². The summed E-state index contributed by atoms with van der Waals surface area (Å²) in [5.41, 5.74) is 15.1. The summed E-state index contributed by atoms with van der Waals surface area (Å²) in [6.45, 7) is 17.2. The Bertz CT molecular complexity index is 1110. The second-order valence-corrected chi connectivity index (χ2v) is 16.2. The van der Waals surface area contributed by atoms with Crippen LogP contribution in [0.15, 0.2) is 0 Å². The summed E-state index contributed by atoms with van der Waals surface area (Å²) < 4.78 is 48.1. The summed E-state index contributed by atoms with van der Waals surface area (Å²) in [6, 6.07) is 0. The van der Waals surface area contributed by atoms with Crippen LogP contribution < -0.4 is 33.2 Å². The molecule has 0 heterocycles. The van der Waals surface area contributed by atoms with Gasteiger partial charge in [0.05, 0.1) is 112 Å². The maximum atomic E-state index is 13.2. The average Bonchev–Trinajstić information content (AvgIpc) is 3.37. The highest BCUT2D eigenvalue weighted by molar-refractivity contribution is 5.79. The van der Waals surface area contributed by atoms with Gasteiger partial charge in [0.15, 0.2) is 0 Å². The van der Waals surface area contributed by atoms with Gasteiger partial charge in [0.25, 0.3) is 0 Å². The van der Waals surface area contributed by atoms with Crippen LogP contribution >= 0.6 is 0 Å². The number of carbonyl (C=O) groups excluding carboxylic acids is 4. The van der Waals surface area contributed by atoms with Gasteiger partial charge in [0.2, 0.25) is 17.7 Å². The van der Waals surface area contributed by atoms with E-state index in [9.17, 15) is 24.0 Å². The molecule has 3 amide bonds. The van der Waals surface area contributed by atoms with E-state index in [2.05, 4.69) is 22.9 Å². The SMILES string of the molecule is CC.CCCCOCCOCCOCCN.NCCOCCOCCOCCNC(=O)CCC(CCC=O)(CCC(=O)NCCOCCOCCOCCN)NC(=O)CCCCCCCCCCC(=O)O. The van der Waals surface area contributed by atoms with Crippen LogP contribution in [0.5, 0.6) is 0 Å². The van der Waals surface area contributed by atoms with Gasteiger partial charge in [-0.3, -0.25) is 19.2 Å². The predicted molar refractivity (Wildman–Crippen MR) is 275 cm³/mol. The Morgan fingerprint density at radius 3 is 1.13 bits per heavy atom. The third-order valence-corrected chi connectivity index (χ3v) is 10.1. The Kier molecular flexibility index (Phi) is 62.5. The van der Waals surface area contributed by atoms with E-state index in [1.807, 2.05) is 13.8 Å². The van der Waals surface area contributed by atoms with E-state index in [0.717, 1.165) is 57.8 Å². The second-order valence-electron chi connectivity index (χ2n) is 16.2. The quantitative estimate of drug-likeness (QED) is 0.0339. The highest BCUT2D eigenvalue weighted by atomic mass is 16.6. The summed E-state index contributed by atoms with van der Waals surface area (Å²) in [5.74, 6) is -1.39. The molecule has 0 fully saturated rings. The lowest BCUT2D eigenvalue weighted by Crippen LogP contribution is -2.50.